The molecule has 22 heavy (non-hydrogen) atoms. The van der Waals surface area contributed by atoms with Crippen LogP contribution in [0.15, 0.2) is 6.20 Å². The number of likely N-dealkylation sites (N-methyl/N-ethyl adjacent to an activating group) is 1. The highest BCUT2D eigenvalue weighted by molar-refractivity contribution is 5.78. The van der Waals surface area contributed by atoms with Gasteiger partial charge in [0.25, 0.3) is 6.43 Å². The number of nitrogens with zero attached hydrogens (tertiary/aromatic N) is 3. The van der Waals surface area contributed by atoms with E-state index in [4.69, 9.17) is 4.74 Å². The fourth-order valence-corrected chi connectivity index (χ4v) is 1.90. The van der Waals surface area contributed by atoms with Crippen molar-refractivity contribution in [3.63, 3.8) is 0 Å². The van der Waals surface area contributed by atoms with Crippen molar-refractivity contribution in [1.29, 1.82) is 0 Å². The van der Waals surface area contributed by atoms with Crippen LogP contribution in [0.2, 0.25) is 0 Å². The number of halogens is 2. The normalized spacial score (nSPS) is 14.6. The lowest BCUT2D eigenvalue weighted by molar-refractivity contribution is -0.117. The molecule has 1 aromatic rings. The van der Waals surface area contributed by atoms with Gasteiger partial charge in [0.05, 0.1) is 0 Å². The Bertz CT molecular complexity index is 566. The number of ether oxygens (including phenoxy) is 1. The minimum atomic E-state index is -2.86. The molecule has 0 N–H and O–H groups in total. The van der Waals surface area contributed by atoms with Crippen LogP contribution in [-0.4, -0.2) is 39.7 Å². The molecule has 1 aromatic heterocycles. The molecular formula is C14H21F2N3O3. The molecule has 1 amide bonds. The summed E-state index contributed by atoms with van der Waals surface area (Å²) in [5.74, 6) is 0. The van der Waals surface area contributed by atoms with Crippen molar-refractivity contribution >= 4 is 12.4 Å². The maximum atomic E-state index is 13.1. The lowest BCUT2D eigenvalue weighted by Gasteiger charge is -2.35. The summed E-state index contributed by atoms with van der Waals surface area (Å²) in [7, 11) is 2.79. The van der Waals surface area contributed by atoms with E-state index in [0.717, 1.165) is 4.90 Å². The number of hydrogen-bond acceptors (Lipinski definition) is 4. The molecule has 1 rings (SSSR count). The molecule has 0 fully saturated rings. The number of aryl methyl sites for hydroxylation is 1. The number of carbonyl (C=O) groups is 2. The Kier molecular flexibility index (Phi) is 4.94. The molecule has 0 saturated heterocycles. The van der Waals surface area contributed by atoms with Crippen molar-refractivity contribution < 1.29 is 23.1 Å². The monoisotopic (exact) mass is 317 g/mol. The maximum Gasteiger partial charge on any atom is 0.411 e. The van der Waals surface area contributed by atoms with E-state index in [2.05, 4.69) is 5.10 Å². The molecule has 1 heterocycles. The molecule has 0 aliphatic carbocycles. The standard InChI is InChI=1S/C14H21F2N3O3/c1-13(2,3)22-12(21)19(6)14(4,8-20)9-7-18(5)17-10(9)11(15)16/h7-8,11H,1-6H3. The molecule has 0 aliphatic rings. The first-order valence-corrected chi connectivity index (χ1v) is 6.67. The van der Waals surface area contributed by atoms with E-state index in [1.54, 1.807) is 20.8 Å². The molecule has 0 saturated carbocycles. The van der Waals surface area contributed by atoms with Crippen LogP contribution in [0.5, 0.6) is 0 Å². The van der Waals surface area contributed by atoms with Gasteiger partial charge in [-0.3, -0.25) is 9.58 Å². The predicted molar refractivity (Wildman–Crippen MR) is 75.6 cm³/mol. The first-order chi connectivity index (χ1) is 9.92. The molecule has 8 heteroatoms. The second kappa shape index (κ2) is 6.02. The molecule has 124 valence electrons. The van der Waals surface area contributed by atoms with E-state index in [9.17, 15) is 18.4 Å². The summed E-state index contributed by atoms with van der Waals surface area (Å²) in [6.45, 7) is 6.38. The lowest BCUT2D eigenvalue weighted by atomic mass is 9.92. The first-order valence-electron chi connectivity index (χ1n) is 6.67. The van der Waals surface area contributed by atoms with Gasteiger partial charge < -0.3 is 9.53 Å². The number of aromatic nitrogens is 2. The van der Waals surface area contributed by atoms with Crippen LogP contribution in [0.3, 0.4) is 0 Å². The molecule has 1 unspecified atom stereocenters. The predicted octanol–water partition coefficient (Wildman–Crippen LogP) is 2.64. The number of alkyl halides is 2. The van der Waals surface area contributed by atoms with Crippen LogP contribution in [0, 0.1) is 0 Å². The van der Waals surface area contributed by atoms with Crippen LogP contribution in [0.4, 0.5) is 13.6 Å². The SMILES string of the molecule is CN(C(=O)OC(C)(C)C)C(C)(C=O)c1cn(C)nc1C(F)F. The molecule has 6 nitrogen and oxygen atoms in total. The van der Waals surface area contributed by atoms with Gasteiger partial charge in [0.1, 0.15) is 23.1 Å². The average molecular weight is 317 g/mol. The van der Waals surface area contributed by atoms with Gasteiger partial charge in [-0.2, -0.15) is 5.10 Å². The van der Waals surface area contributed by atoms with Gasteiger partial charge in [-0.25, -0.2) is 13.6 Å². The van der Waals surface area contributed by atoms with Crippen LogP contribution in [0.1, 0.15) is 45.4 Å². The van der Waals surface area contributed by atoms with E-state index in [0.29, 0.717) is 6.29 Å². The third-order valence-corrected chi connectivity index (χ3v) is 3.20. The Balaban J connectivity index is 3.27. The van der Waals surface area contributed by atoms with Crippen molar-refractivity contribution in [2.75, 3.05) is 7.05 Å². The summed E-state index contributed by atoms with van der Waals surface area (Å²) in [5.41, 5.74) is -2.95. The second-order valence-corrected chi connectivity index (χ2v) is 6.21. The zero-order valence-electron chi connectivity index (χ0n) is 13.6. The largest absolute Gasteiger partial charge is 0.444 e. The summed E-state index contributed by atoms with van der Waals surface area (Å²) >= 11 is 0. The third kappa shape index (κ3) is 3.61. The van der Waals surface area contributed by atoms with Crippen LogP contribution >= 0.6 is 0 Å². The van der Waals surface area contributed by atoms with E-state index in [1.165, 1.54) is 31.9 Å². The summed E-state index contributed by atoms with van der Waals surface area (Å²) < 4.78 is 32.6. The van der Waals surface area contributed by atoms with E-state index < -0.39 is 29.4 Å². The zero-order valence-corrected chi connectivity index (χ0v) is 13.6. The Labute approximate surface area is 128 Å². The quantitative estimate of drug-likeness (QED) is 0.801. The Hall–Kier alpha value is -1.99. The highest BCUT2D eigenvalue weighted by atomic mass is 19.3. The summed E-state index contributed by atoms with van der Waals surface area (Å²) in [4.78, 5) is 24.7. The molecule has 0 radical (unpaired) electrons. The average Bonchev–Trinajstić information content (AvgIpc) is 2.77. The van der Waals surface area contributed by atoms with Gasteiger partial charge in [-0.05, 0) is 27.7 Å². The number of hydrogen-bond donors (Lipinski definition) is 0. The lowest BCUT2D eigenvalue weighted by Crippen LogP contribution is -2.48. The van der Waals surface area contributed by atoms with Gasteiger partial charge in [0.15, 0.2) is 0 Å². The van der Waals surface area contributed by atoms with Gasteiger partial charge in [-0.1, -0.05) is 0 Å². The van der Waals surface area contributed by atoms with Gasteiger partial charge in [0, 0.05) is 25.9 Å². The van der Waals surface area contributed by atoms with Gasteiger partial charge in [-0.15, -0.1) is 0 Å². The zero-order chi connectivity index (χ0) is 17.3. The van der Waals surface area contributed by atoms with Crippen LogP contribution < -0.4 is 0 Å². The fraction of sp³-hybridized carbons (Fsp3) is 0.643. The second-order valence-electron chi connectivity index (χ2n) is 6.21. The summed E-state index contributed by atoms with van der Waals surface area (Å²) in [5, 5.41) is 3.67. The number of amides is 1. The number of carbonyl (C=O) groups excluding carboxylic acids is 2. The summed E-state index contributed by atoms with van der Waals surface area (Å²) in [6, 6.07) is 0. The maximum absolute atomic E-state index is 13.1. The van der Waals surface area contributed by atoms with Crippen molar-refractivity contribution in [3.8, 4) is 0 Å². The number of rotatable bonds is 4. The van der Waals surface area contributed by atoms with E-state index in [-0.39, 0.29) is 5.56 Å². The Morgan fingerprint density at radius 1 is 1.41 bits per heavy atom. The minimum Gasteiger partial charge on any atom is -0.444 e. The fourth-order valence-electron chi connectivity index (χ4n) is 1.90. The first kappa shape index (κ1) is 18.1. The summed E-state index contributed by atoms with van der Waals surface area (Å²) in [6.07, 6.45) is -1.91. The van der Waals surface area contributed by atoms with E-state index >= 15 is 0 Å². The van der Waals surface area contributed by atoms with Crippen molar-refractivity contribution in [3.05, 3.63) is 17.5 Å². The molecule has 0 spiro atoms. The minimum absolute atomic E-state index is 0.0339. The Morgan fingerprint density at radius 2 is 1.95 bits per heavy atom. The molecule has 0 aliphatic heterocycles. The number of aldehydes is 1. The van der Waals surface area contributed by atoms with Crippen molar-refractivity contribution in [2.24, 2.45) is 7.05 Å². The van der Waals surface area contributed by atoms with Gasteiger partial charge >= 0.3 is 6.09 Å². The highest BCUT2D eigenvalue weighted by Gasteiger charge is 2.41. The smallest absolute Gasteiger partial charge is 0.411 e. The molecule has 0 aromatic carbocycles. The van der Waals surface area contributed by atoms with Crippen LogP contribution in [0.25, 0.3) is 0 Å². The molecule has 0 bridgehead atoms. The highest BCUT2D eigenvalue weighted by Crippen LogP contribution is 2.33. The van der Waals surface area contributed by atoms with Crippen molar-refractivity contribution in [1.82, 2.24) is 14.7 Å². The molecule has 1 atom stereocenters. The third-order valence-electron chi connectivity index (χ3n) is 3.20. The van der Waals surface area contributed by atoms with E-state index in [1.807, 2.05) is 0 Å². The topological polar surface area (TPSA) is 64.4 Å². The molecular weight excluding hydrogens is 296 g/mol. The van der Waals surface area contributed by atoms with Crippen LogP contribution in [-0.2, 0) is 22.1 Å². The van der Waals surface area contributed by atoms with Crippen molar-refractivity contribution in [2.45, 2.75) is 45.3 Å². The van der Waals surface area contributed by atoms with Gasteiger partial charge in [0.2, 0.25) is 0 Å². The Morgan fingerprint density at radius 3 is 2.36 bits per heavy atom.